The molecule has 152 valence electrons. The van der Waals surface area contributed by atoms with Crippen molar-refractivity contribution in [3.63, 3.8) is 0 Å². The summed E-state index contributed by atoms with van der Waals surface area (Å²) in [4.78, 5) is 49.6. The maximum Gasteiger partial charge on any atom is 0.326 e. The minimum atomic E-state index is -1.11. The summed E-state index contributed by atoms with van der Waals surface area (Å²) >= 11 is 1.09. The van der Waals surface area contributed by atoms with Crippen LogP contribution >= 0.6 is 11.8 Å². The molecule has 0 aliphatic carbocycles. The zero-order chi connectivity index (χ0) is 20.7. The Balaban J connectivity index is 2.01. The van der Waals surface area contributed by atoms with Crippen LogP contribution in [0, 0.1) is 5.92 Å². The first kappa shape index (κ1) is 21.9. The highest BCUT2D eigenvalue weighted by atomic mass is 32.2. The fourth-order valence-electron chi connectivity index (χ4n) is 3.22. The number of hydrogen-bond donors (Lipinski definition) is 2. The SMILES string of the molecule is CC(=O)SC[C@@H](C)C(=O)N1CCC[C@H]1C(=O)N[C@H](Cc1ccccc1)C(=O)O. The van der Waals surface area contributed by atoms with Gasteiger partial charge in [0.2, 0.25) is 11.8 Å². The lowest BCUT2D eigenvalue weighted by Gasteiger charge is -2.27. The van der Waals surface area contributed by atoms with Crippen molar-refractivity contribution in [2.75, 3.05) is 12.3 Å². The Bertz CT molecular complexity index is 725. The minimum absolute atomic E-state index is 0.0550. The van der Waals surface area contributed by atoms with E-state index >= 15 is 0 Å². The number of carbonyl (C=O) groups is 4. The van der Waals surface area contributed by atoms with Gasteiger partial charge in [0, 0.05) is 31.6 Å². The van der Waals surface area contributed by atoms with Gasteiger partial charge in [-0.05, 0) is 18.4 Å². The van der Waals surface area contributed by atoms with Crippen molar-refractivity contribution < 1.29 is 24.3 Å². The van der Waals surface area contributed by atoms with E-state index in [1.807, 2.05) is 30.3 Å². The van der Waals surface area contributed by atoms with Crippen molar-refractivity contribution in [2.24, 2.45) is 5.92 Å². The van der Waals surface area contributed by atoms with E-state index in [0.29, 0.717) is 25.1 Å². The molecule has 1 aliphatic heterocycles. The molecule has 0 saturated carbocycles. The highest BCUT2D eigenvalue weighted by Crippen LogP contribution is 2.22. The average molecular weight is 407 g/mol. The molecule has 2 amide bonds. The van der Waals surface area contributed by atoms with Crippen LogP contribution in [0.25, 0.3) is 0 Å². The molecule has 7 nitrogen and oxygen atoms in total. The first-order chi connectivity index (χ1) is 13.3. The van der Waals surface area contributed by atoms with Crippen LogP contribution in [0.1, 0.15) is 32.3 Å². The van der Waals surface area contributed by atoms with Crippen molar-refractivity contribution in [3.8, 4) is 0 Å². The van der Waals surface area contributed by atoms with Gasteiger partial charge in [0.15, 0.2) is 5.12 Å². The highest BCUT2D eigenvalue weighted by Gasteiger charge is 2.37. The van der Waals surface area contributed by atoms with Gasteiger partial charge in [-0.15, -0.1) is 0 Å². The van der Waals surface area contributed by atoms with Gasteiger partial charge in [-0.2, -0.15) is 0 Å². The predicted octanol–water partition coefficient (Wildman–Crippen LogP) is 1.71. The van der Waals surface area contributed by atoms with E-state index in [0.717, 1.165) is 17.3 Å². The fraction of sp³-hybridized carbons (Fsp3) is 0.500. The van der Waals surface area contributed by atoms with Crippen LogP contribution in [0.4, 0.5) is 0 Å². The van der Waals surface area contributed by atoms with E-state index in [4.69, 9.17) is 0 Å². The lowest BCUT2D eigenvalue weighted by Crippen LogP contribution is -2.52. The molecule has 0 radical (unpaired) electrons. The Morgan fingerprint density at radius 2 is 1.93 bits per heavy atom. The molecule has 1 saturated heterocycles. The van der Waals surface area contributed by atoms with Crippen molar-refractivity contribution in [1.29, 1.82) is 0 Å². The van der Waals surface area contributed by atoms with Crippen LogP contribution in [0.2, 0.25) is 0 Å². The molecule has 0 aromatic heterocycles. The summed E-state index contributed by atoms with van der Waals surface area (Å²) in [6.45, 7) is 3.65. The molecule has 0 spiro atoms. The van der Waals surface area contributed by atoms with Crippen LogP contribution in [0.3, 0.4) is 0 Å². The summed E-state index contributed by atoms with van der Waals surface area (Å²) in [6.07, 6.45) is 1.36. The zero-order valence-electron chi connectivity index (χ0n) is 16.1. The summed E-state index contributed by atoms with van der Waals surface area (Å²) < 4.78 is 0. The molecule has 8 heteroatoms. The predicted molar refractivity (Wildman–Crippen MR) is 107 cm³/mol. The van der Waals surface area contributed by atoms with E-state index in [2.05, 4.69) is 5.32 Å². The van der Waals surface area contributed by atoms with Crippen molar-refractivity contribution in [1.82, 2.24) is 10.2 Å². The Hall–Kier alpha value is -2.35. The third kappa shape index (κ3) is 6.09. The number of thioether (sulfide) groups is 1. The van der Waals surface area contributed by atoms with Crippen LogP contribution < -0.4 is 5.32 Å². The second kappa shape index (κ2) is 10.3. The van der Waals surface area contributed by atoms with Crippen molar-refractivity contribution in [3.05, 3.63) is 35.9 Å². The Morgan fingerprint density at radius 1 is 1.25 bits per heavy atom. The van der Waals surface area contributed by atoms with Crippen LogP contribution in [-0.2, 0) is 25.6 Å². The smallest absolute Gasteiger partial charge is 0.326 e. The quantitative estimate of drug-likeness (QED) is 0.681. The molecular weight excluding hydrogens is 380 g/mol. The second-order valence-electron chi connectivity index (χ2n) is 6.98. The lowest BCUT2D eigenvalue weighted by atomic mass is 10.1. The van der Waals surface area contributed by atoms with Crippen LogP contribution in [0.5, 0.6) is 0 Å². The number of carbonyl (C=O) groups excluding carboxylic acids is 3. The number of nitrogens with zero attached hydrogens (tertiary/aromatic N) is 1. The lowest BCUT2D eigenvalue weighted by molar-refractivity contribution is -0.144. The van der Waals surface area contributed by atoms with Crippen molar-refractivity contribution in [2.45, 2.75) is 45.2 Å². The van der Waals surface area contributed by atoms with Gasteiger partial charge in [0.1, 0.15) is 12.1 Å². The Kier molecular flexibility index (Phi) is 8.04. The van der Waals surface area contributed by atoms with E-state index < -0.39 is 24.0 Å². The van der Waals surface area contributed by atoms with Crippen LogP contribution in [-0.4, -0.2) is 57.3 Å². The number of carboxylic acids is 1. The van der Waals surface area contributed by atoms with Gasteiger partial charge in [-0.25, -0.2) is 4.79 Å². The molecule has 0 bridgehead atoms. The van der Waals surface area contributed by atoms with E-state index in [9.17, 15) is 24.3 Å². The number of rotatable bonds is 8. The molecule has 1 fully saturated rings. The summed E-state index contributed by atoms with van der Waals surface area (Å²) in [6, 6.07) is 7.35. The maximum absolute atomic E-state index is 12.7. The highest BCUT2D eigenvalue weighted by molar-refractivity contribution is 8.13. The number of nitrogens with one attached hydrogen (secondary N) is 1. The number of benzene rings is 1. The number of likely N-dealkylation sites (tertiary alicyclic amines) is 1. The number of hydrogen-bond acceptors (Lipinski definition) is 5. The topological polar surface area (TPSA) is 104 Å². The van der Waals surface area contributed by atoms with Gasteiger partial charge in [0.05, 0.1) is 0 Å². The number of carboxylic acid groups (broad SMARTS) is 1. The van der Waals surface area contributed by atoms with E-state index in [-0.39, 0.29) is 23.4 Å². The number of amides is 2. The van der Waals surface area contributed by atoms with Crippen LogP contribution in [0.15, 0.2) is 30.3 Å². The van der Waals surface area contributed by atoms with Gasteiger partial charge in [0.25, 0.3) is 0 Å². The molecule has 1 aromatic rings. The largest absolute Gasteiger partial charge is 0.480 e. The normalized spacial score (nSPS) is 18.4. The second-order valence-corrected chi connectivity index (χ2v) is 8.18. The zero-order valence-corrected chi connectivity index (χ0v) is 16.9. The summed E-state index contributed by atoms with van der Waals surface area (Å²) in [7, 11) is 0. The number of aliphatic carboxylic acids is 1. The molecule has 3 atom stereocenters. The molecule has 1 aliphatic rings. The molecule has 1 heterocycles. The molecule has 2 N–H and O–H groups in total. The summed E-state index contributed by atoms with van der Waals surface area (Å²) in [5.74, 6) is -1.76. The standard InChI is InChI=1S/C20H26N2O5S/c1-13(12-28-14(2)23)19(25)22-10-6-9-17(22)18(24)21-16(20(26)27)11-15-7-4-3-5-8-15/h3-5,7-8,13,16-17H,6,9-12H2,1-2H3,(H,21,24)(H,26,27)/t13-,16-,17+/m1/s1. The van der Waals surface area contributed by atoms with E-state index in [1.54, 1.807) is 6.92 Å². The maximum atomic E-state index is 12.7. The van der Waals surface area contributed by atoms with Gasteiger partial charge >= 0.3 is 5.97 Å². The molecule has 1 aromatic carbocycles. The third-order valence-corrected chi connectivity index (χ3v) is 5.77. The summed E-state index contributed by atoms with van der Waals surface area (Å²) in [5.41, 5.74) is 0.810. The van der Waals surface area contributed by atoms with E-state index in [1.165, 1.54) is 11.8 Å². The van der Waals surface area contributed by atoms with Gasteiger partial charge in [-0.1, -0.05) is 49.0 Å². The Morgan fingerprint density at radius 3 is 2.54 bits per heavy atom. The first-order valence-corrected chi connectivity index (χ1v) is 10.3. The van der Waals surface area contributed by atoms with Gasteiger partial charge < -0.3 is 15.3 Å². The average Bonchev–Trinajstić information content (AvgIpc) is 3.15. The molecule has 0 unspecified atom stereocenters. The molecule has 2 rings (SSSR count). The van der Waals surface area contributed by atoms with Crippen molar-refractivity contribution >= 4 is 34.7 Å². The van der Waals surface area contributed by atoms with Gasteiger partial charge in [-0.3, -0.25) is 14.4 Å². The first-order valence-electron chi connectivity index (χ1n) is 9.30. The summed E-state index contributed by atoms with van der Waals surface area (Å²) in [5, 5.41) is 12.0. The Labute approximate surface area is 168 Å². The fourth-order valence-corrected chi connectivity index (χ4v) is 3.84. The minimum Gasteiger partial charge on any atom is -0.480 e. The molecule has 28 heavy (non-hydrogen) atoms. The molecular formula is C20H26N2O5S. The third-order valence-electron chi connectivity index (χ3n) is 4.69. The monoisotopic (exact) mass is 406 g/mol.